The number of allylic oxidation sites excluding steroid dienone is 3. The maximum atomic E-state index is 4.03. The molecule has 0 aromatic carbocycles. The van der Waals surface area contributed by atoms with Gasteiger partial charge >= 0.3 is 0 Å². The summed E-state index contributed by atoms with van der Waals surface area (Å²) >= 11 is 0. The van der Waals surface area contributed by atoms with Gasteiger partial charge in [0.05, 0.1) is 0 Å². The third kappa shape index (κ3) is 7.38. The van der Waals surface area contributed by atoms with E-state index in [0.717, 1.165) is 12.8 Å². The molecule has 0 spiro atoms. The maximum Gasteiger partial charge on any atom is -0.0141 e. The van der Waals surface area contributed by atoms with Crippen molar-refractivity contribution in [3.63, 3.8) is 0 Å². The van der Waals surface area contributed by atoms with E-state index in [9.17, 15) is 0 Å². The molecule has 0 atom stereocenters. The van der Waals surface area contributed by atoms with Crippen LogP contribution in [0.4, 0.5) is 0 Å². The smallest absolute Gasteiger partial charge is 0.0141 e. The van der Waals surface area contributed by atoms with E-state index in [2.05, 4.69) is 39.5 Å². The first-order valence-corrected chi connectivity index (χ1v) is 4.23. The largest absolute Gasteiger partial charge is 0.0995 e. The van der Waals surface area contributed by atoms with Gasteiger partial charge in [0.25, 0.3) is 0 Å². The van der Waals surface area contributed by atoms with Crippen LogP contribution in [0.1, 0.15) is 40.5 Å². The Labute approximate surface area is 71.0 Å². The Morgan fingerprint density at radius 3 is 2.27 bits per heavy atom. The van der Waals surface area contributed by atoms with E-state index < -0.39 is 0 Å². The minimum atomic E-state index is 0.388. The van der Waals surface area contributed by atoms with Crippen molar-refractivity contribution in [1.82, 2.24) is 0 Å². The third-order valence-electron chi connectivity index (χ3n) is 1.42. The minimum absolute atomic E-state index is 0.388. The molecule has 0 aromatic heterocycles. The van der Waals surface area contributed by atoms with Gasteiger partial charge in [-0.3, -0.25) is 0 Å². The van der Waals surface area contributed by atoms with Crippen LogP contribution in [0.15, 0.2) is 24.3 Å². The summed E-state index contributed by atoms with van der Waals surface area (Å²) in [5.74, 6) is 0. The van der Waals surface area contributed by atoms with E-state index in [-0.39, 0.29) is 0 Å². The van der Waals surface area contributed by atoms with Crippen molar-refractivity contribution in [2.75, 3.05) is 0 Å². The fourth-order valence-corrected chi connectivity index (χ4v) is 1.11. The molecule has 0 saturated carbocycles. The minimum Gasteiger partial charge on any atom is -0.0995 e. The zero-order chi connectivity index (χ0) is 8.91. The van der Waals surface area contributed by atoms with Gasteiger partial charge in [-0.25, -0.2) is 0 Å². The van der Waals surface area contributed by atoms with E-state index in [1.165, 1.54) is 5.57 Å². The van der Waals surface area contributed by atoms with E-state index in [4.69, 9.17) is 0 Å². The van der Waals surface area contributed by atoms with Crippen molar-refractivity contribution < 1.29 is 0 Å². The lowest BCUT2D eigenvalue weighted by molar-refractivity contribution is 0.407. The highest BCUT2D eigenvalue weighted by Gasteiger charge is 2.10. The summed E-state index contributed by atoms with van der Waals surface area (Å²) in [4.78, 5) is 0. The maximum absolute atomic E-state index is 4.03. The van der Waals surface area contributed by atoms with Crippen molar-refractivity contribution in [1.29, 1.82) is 0 Å². The summed E-state index contributed by atoms with van der Waals surface area (Å²) in [6.07, 6.45) is 6.40. The lowest BCUT2D eigenvalue weighted by atomic mass is 9.87. The summed E-state index contributed by atoms with van der Waals surface area (Å²) in [6, 6.07) is 0. The normalized spacial score (nSPS) is 12.4. The SMILES string of the molecule is C=C(C/C=C/C)CC(C)(C)C. The zero-order valence-corrected chi connectivity index (χ0v) is 8.28. The Morgan fingerprint density at radius 2 is 1.91 bits per heavy atom. The summed E-state index contributed by atoms with van der Waals surface area (Å²) in [5, 5.41) is 0. The number of rotatable bonds is 3. The fourth-order valence-electron chi connectivity index (χ4n) is 1.11. The lowest BCUT2D eigenvalue weighted by Crippen LogP contribution is -2.05. The van der Waals surface area contributed by atoms with Crippen LogP contribution in [-0.2, 0) is 0 Å². The summed E-state index contributed by atoms with van der Waals surface area (Å²) < 4.78 is 0. The van der Waals surface area contributed by atoms with Crippen molar-refractivity contribution >= 4 is 0 Å². The van der Waals surface area contributed by atoms with E-state index >= 15 is 0 Å². The molecule has 0 fully saturated rings. The van der Waals surface area contributed by atoms with Gasteiger partial charge in [0.15, 0.2) is 0 Å². The molecule has 0 amide bonds. The first kappa shape index (κ1) is 10.5. The van der Waals surface area contributed by atoms with Crippen molar-refractivity contribution in [3.8, 4) is 0 Å². The quantitative estimate of drug-likeness (QED) is 0.537. The van der Waals surface area contributed by atoms with Crippen molar-refractivity contribution in [3.05, 3.63) is 24.3 Å². The Hall–Kier alpha value is -0.520. The van der Waals surface area contributed by atoms with Crippen LogP contribution >= 0.6 is 0 Å². The molecule has 0 aromatic rings. The number of hydrogen-bond donors (Lipinski definition) is 0. The molecule has 0 rings (SSSR count). The molecule has 64 valence electrons. The molecule has 0 nitrogen and oxygen atoms in total. The molecule has 0 aliphatic heterocycles. The van der Waals surface area contributed by atoms with Crippen LogP contribution in [0.3, 0.4) is 0 Å². The van der Waals surface area contributed by atoms with Gasteiger partial charge in [-0.2, -0.15) is 0 Å². The van der Waals surface area contributed by atoms with Crippen LogP contribution < -0.4 is 0 Å². The molecule has 0 aliphatic carbocycles. The van der Waals surface area contributed by atoms with Crippen LogP contribution in [0.5, 0.6) is 0 Å². The summed E-state index contributed by atoms with van der Waals surface area (Å²) in [7, 11) is 0. The van der Waals surface area contributed by atoms with Gasteiger partial charge in [0, 0.05) is 0 Å². The number of hydrogen-bond acceptors (Lipinski definition) is 0. The van der Waals surface area contributed by atoms with Crippen molar-refractivity contribution in [2.45, 2.75) is 40.5 Å². The topological polar surface area (TPSA) is 0 Å². The highest BCUT2D eigenvalue weighted by Crippen LogP contribution is 2.24. The van der Waals surface area contributed by atoms with Crippen LogP contribution in [0.2, 0.25) is 0 Å². The van der Waals surface area contributed by atoms with E-state index in [0.29, 0.717) is 5.41 Å². The summed E-state index contributed by atoms with van der Waals surface area (Å²) in [5.41, 5.74) is 1.72. The average molecular weight is 152 g/mol. The van der Waals surface area contributed by atoms with E-state index in [1.54, 1.807) is 0 Å². The third-order valence-corrected chi connectivity index (χ3v) is 1.42. The second kappa shape index (κ2) is 4.38. The van der Waals surface area contributed by atoms with Gasteiger partial charge in [0.1, 0.15) is 0 Å². The standard InChI is InChI=1S/C11H20/c1-6-7-8-10(2)9-11(3,4)5/h6-7H,2,8-9H2,1,3-5H3/b7-6+. The van der Waals surface area contributed by atoms with Gasteiger partial charge < -0.3 is 0 Å². The predicted molar refractivity (Wildman–Crippen MR) is 52.6 cm³/mol. The molecule has 0 unspecified atom stereocenters. The summed E-state index contributed by atoms with van der Waals surface area (Å²) in [6.45, 7) is 12.8. The zero-order valence-electron chi connectivity index (χ0n) is 8.28. The second-order valence-corrected chi connectivity index (χ2v) is 4.26. The first-order chi connectivity index (χ1) is 4.95. The van der Waals surface area contributed by atoms with Gasteiger partial charge in [-0.05, 0) is 25.2 Å². The van der Waals surface area contributed by atoms with E-state index in [1.807, 2.05) is 6.92 Å². The molecular weight excluding hydrogens is 132 g/mol. The van der Waals surface area contributed by atoms with Crippen LogP contribution in [0, 0.1) is 5.41 Å². The van der Waals surface area contributed by atoms with Gasteiger partial charge in [-0.1, -0.05) is 45.1 Å². The molecule has 0 N–H and O–H groups in total. The molecular formula is C11H20. The predicted octanol–water partition coefficient (Wildman–Crippen LogP) is 3.95. The Bertz CT molecular complexity index is 144. The van der Waals surface area contributed by atoms with Crippen LogP contribution in [0.25, 0.3) is 0 Å². The Kier molecular flexibility index (Phi) is 4.17. The second-order valence-electron chi connectivity index (χ2n) is 4.26. The monoisotopic (exact) mass is 152 g/mol. The molecule has 0 saturated heterocycles. The Morgan fingerprint density at radius 1 is 1.36 bits per heavy atom. The van der Waals surface area contributed by atoms with Gasteiger partial charge in [-0.15, -0.1) is 0 Å². The molecule has 0 radical (unpaired) electrons. The molecule has 11 heavy (non-hydrogen) atoms. The highest BCUT2D eigenvalue weighted by atomic mass is 14.2. The van der Waals surface area contributed by atoms with Gasteiger partial charge in [0.2, 0.25) is 0 Å². The van der Waals surface area contributed by atoms with Crippen LogP contribution in [-0.4, -0.2) is 0 Å². The average Bonchev–Trinajstić information content (AvgIpc) is 1.79. The first-order valence-electron chi connectivity index (χ1n) is 4.23. The Balaban J connectivity index is 3.70. The molecule has 0 heteroatoms. The molecule has 0 bridgehead atoms. The molecule has 0 aliphatic rings. The lowest BCUT2D eigenvalue weighted by Gasteiger charge is -2.18. The molecule has 0 heterocycles. The highest BCUT2D eigenvalue weighted by molar-refractivity contribution is 5.03. The fraction of sp³-hybridized carbons (Fsp3) is 0.636. The van der Waals surface area contributed by atoms with Crippen molar-refractivity contribution in [2.24, 2.45) is 5.41 Å².